The van der Waals surface area contributed by atoms with Gasteiger partial charge in [0, 0.05) is 22.9 Å². The maximum atomic E-state index is 12.3. The average Bonchev–Trinajstić information content (AvgIpc) is 3.27. The molecule has 3 aromatic rings. The number of anilines is 1. The number of aromatic nitrogens is 3. The number of amides is 1. The molecule has 0 unspecified atom stereocenters. The molecule has 0 saturated carbocycles. The predicted molar refractivity (Wildman–Crippen MR) is 117 cm³/mol. The van der Waals surface area contributed by atoms with Crippen molar-refractivity contribution in [2.24, 2.45) is 7.05 Å². The molecule has 5 nitrogen and oxygen atoms in total. The molecular weight excluding hydrogens is 435 g/mol. The summed E-state index contributed by atoms with van der Waals surface area (Å²) in [7, 11) is 1.94. The van der Waals surface area contributed by atoms with Crippen LogP contribution in [0.4, 0.5) is 5.69 Å². The number of thioether (sulfide) groups is 1. The quantitative estimate of drug-likeness (QED) is 0.522. The fourth-order valence-corrected chi connectivity index (χ4v) is 5.46. The number of carbonyl (C=O) groups excluding carboxylic acids is 1. The lowest BCUT2D eigenvalue weighted by molar-refractivity contribution is -0.113. The van der Waals surface area contributed by atoms with Gasteiger partial charge in [0.1, 0.15) is 0 Å². The van der Waals surface area contributed by atoms with Crippen LogP contribution >= 0.6 is 46.3 Å². The maximum Gasteiger partial charge on any atom is 0.234 e. The first-order valence-corrected chi connectivity index (χ1v) is 11.5. The molecule has 1 aliphatic rings. The van der Waals surface area contributed by atoms with E-state index in [-0.39, 0.29) is 11.7 Å². The van der Waals surface area contributed by atoms with Gasteiger partial charge in [-0.25, -0.2) is 0 Å². The number of nitrogens with zero attached hydrogens (tertiary/aromatic N) is 3. The molecular formula is C19H18Cl2N4OS2. The Labute approximate surface area is 181 Å². The summed E-state index contributed by atoms with van der Waals surface area (Å²) < 4.78 is 1.96. The van der Waals surface area contributed by atoms with E-state index in [9.17, 15) is 4.79 Å². The van der Waals surface area contributed by atoms with Crippen molar-refractivity contribution >= 4 is 57.9 Å². The van der Waals surface area contributed by atoms with Gasteiger partial charge in [0.15, 0.2) is 11.0 Å². The maximum absolute atomic E-state index is 12.3. The summed E-state index contributed by atoms with van der Waals surface area (Å²) in [6.45, 7) is 0. The topological polar surface area (TPSA) is 59.8 Å². The SMILES string of the molecule is Cn1c(SCC(=O)Nc2cccc(Cl)c2Cl)nnc1-c1csc2c1CCCC2. The zero-order valence-electron chi connectivity index (χ0n) is 15.2. The van der Waals surface area contributed by atoms with Crippen molar-refractivity contribution in [3.63, 3.8) is 0 Å². The number of hydrogen-bond donors (Lipinski definition) is 1. The number of hydrogen-bond acceptors (Lipinski definition) is 5. The van der Waals surface area contributed by atoms with Gasteiger partial charge < -0.3 is 9.88 Å². The molecule has 0 aliphatic heterocycles. The highest BCUT2D eigenvalue weighted by Crippen LogP contribution is 2.36. The van der Waals surface area contributed by atoms with Crippen molar-refractivity contribution in [3.8, 4) is 11.4 Å². The number of rotatable bonds is 5. The summed E-state index contributed by atoms with van der Waals surface area (Å²) in [5.41, 5.74) is 3.09. The molecule has 1 aliphatic carbocycles. The van der Waals surface area contributed by atoms with Gasteiger partial charge in [0.25, 0.3) is 0 Å². The van der Waals surface area contributed by atoms with Gasteiger partial charge in [-0.05, 0) is 43.4 Å². The molecule has 0 saturated heterocycles. The molecule has 28 heavy (non-hydrogen) atoms. The Balaban J connectivity index is 1.44. The third kappa shape index (κ3) is 3.94. The molecule has 146 valence electrons. The summed E-state index contributed by atoms with van der Waals surface area (Å²) in [5, 5.41) is 15.1. The Morgan fingerprint density at radius 2 is 2.11 bits per heavy atom. The minimum atomic E-state index is -0.174. The fourth-order valence-electron chi connectivity index (χ4n) is 3.27. The second-order valence-electron chi connectivity index (χ2n) is 6.56. The zero-order valence-corrected chi connectivity index (χ0v) is 18.3. The van der Waals surface area contributed by atoms with Crippen LogP contribution in [-0.4, -0.2) is 26.4 Å². The van der Waals surface area contributed by atoms with Gasteiger partial charge in [-0.15, -0.1) is 21.5 Å². The second kappa shape index (κ2) is 8.45. The lowest BCUT2D eigenvalue weighted by atomic mass is 9.96. The van der Waals surface area contributed by atoms with E-state index in [1.54, 1.807) is 18.2 Å². The van der Waals surface area contributed by atoms with Crippen LogP contribution in [0.2, 0.25) is 10.0 Å². The Morgan fingerprint density at radius 1 is 1.29 bits per heavy atom. The monoisotopic (exact) mass is 452 g/mol. The number of carbonyl (C=O) groups is 1. The number of fused-ring (bicyclic) bond motifs is 1. The molecule has 9 heteroatoms. The standard InChI is InChI=1S/C19H18Cl2N4OS2/c1-25-18(12-9-27-15-8-3-2-5-11(12)15)23-24-19(25)28-10-16(26)22-14-7-4-6-13(20)17(14)21/h4,6-7,9H,2-3,5,8,10H2,1H3,(H,22,26). The first-order valence-electron chi connectivity index (χ1n) is 8.90. The number of nitrogens with one attached hydrogen (secondary N) is 1. The van der Waals surface area contributed by atoms with Crippen molar-refractivity contribution in [2.75, 3.05) is 11.1 Å². The largest absolute Gasteiger partial charge is 0.324 e. The van der Waals surface area contributed by atoms with Crippen LogP contribution in [0.15, 0.2) is 28.7 Å². The highest BCUT2D eigenvalue weighted by Gasteiger charge is 2.21. The molecule has 0 fully saturated rings. The Kier molecular flexibility index (Phi) is 5.96. The first-order chi connectivity index (χ1) is 13.5. The van der Waals surface area contributed by atoms with E-state index in [0.717, 1.165) is 18.7 Å². The highest BCUT2D eigenvalue weighted by atomic mass is 35.5. The van der Waals surface area contributed by atoms with Crippen LogP contribution < -0.4 is 5.32 Å². The lowest BCUT2D eigenvalue weighted by Gasteiger charge is -2.12. The number of aryl methyl sites for hydroxylation is 1. The van der Waals surface area contributed by atoms with E-state index in [2.05, 4.69) is 20.9 Å². The molecule has 0 spiro atoms. The molecule has 2 heterocycles. The molecule has 1 aromatic carbocycles. The van der Waals surface area contributed by atoms with Crippen molar-refractivity contribution in [3.05, 3.63) is 44.1 Å². The van der Waals surface area contributed by atoms with Gasteiger partial charge in [0.2, 0.25) is 5.91 Å². The molecule has 1 amide bonds. The minimum absolute atomic E-state index is 0.174. The molecule has 0 atom stereocenters. The number of benzene rings is 1. The smallest absolute Gasteiger partial charge is 0.234 e. The highest BCUT2D eigenvalue weighted by molar-refractivity contribution is 7.99. The van der Waals surface area contributed by atoms with Crippen molar-refractivity contribution in [1.82, 2.24) is 14.8 Å². The van der Waals surface area contributed by atoms with Gasteiger partial charge in [-0.2, -0.15) is 0 Å². The van der Waals surface area contributed by atoms with E-state index >= 15 is 0 Å². The van der Waals surface area contributed by atoms with E-state index in [1.165, 1.54) is 40.6 Å². The first kappa shape index (κ1) is 19.8. The van der Waals surface area contributed by atoms with Crippen LogP contribution in [0, 0.1) is 0 Å². The second-order valence-corrected chi connectivity index (χ2v) is 9.25. The van der Waals surface area contributed by atoms with Crippen LogP contribution in [0.1, 0.15) is 23.3 Å². The third-order valence-corrected chi connectivity index (χ3v) is 7.62. The zero-order chi connectivity index (χ0) is 19.7. The summed E-state index contributed by atoms with van der Waals surface area (Å²) >= 11 is 15.3. The van der Waals surface area contributed by atoms with E-state index in [0.29, 0.717) is 20.9 Å². The van der Waals surface area contributed by atoms with Gasteiger partial charge >= 0.3 is 0 Å². The predicted octanol–water partition coefficient (Wildman–Crippen LogP) is 5.46. The van der Waals surface area contributed by atoms with E-state index in [4.69, 9.17) is 23.2 Å². The van der Waals surface area contributed by atoms with Crippen LogP contribution in [0.25, 0.3) is 11.4 Å². The Hall–Kier alpha value is -1.54. The van der Waals surface area contributed by atoms with Crippen LogP contribution in [0.5, 0.6) is 0 Å². The lowest BCUT2D eigenvalue weighted by Crippen LogP contribution is -2.14. The molecule has 4 rings (SSSR count). The molecule has 1 N–H and O–H groups in total. The van der Waals surface area contributed by atoms with Crippen LogP contribution in [0.3, 0.4) is 0 Å². The van der Waals surface area contributed by atoms with E-state index in [1.807, 2.05) is 23.0 Å². The Morgan fingerprint density at radius 3 is 2.96 bits per heavy atom. The van der Waals surface area contributed by atoms with Crippen molar-refractivity contribution < 1.29 is 4.79 Å². The van der Waals surface area contributed by atoms with Gasteiger partial charge in [-0.3, -0.25) is 4.79 Å². The minimum Gasteiger partial charge on any atom is -0.324 e. The Bertz CT molecular complexity index is 1030. The fraction of sp³-hybridized carbons (Fsp3) is 0.316. The molecule has 2 aromatic heterocycles. The summed E-state index contributed by atoms with van der Waals surface area (Å²) in [4.78, 5) is 13.8. The van der Waals surface area contributed by atoms with E-state index < -0.39 is 0 Å². The summed E-state index contributed by atoms with van der Waals surface area (Å²) in [6, 6.07) is 5.14. The van der Waals surface area contributed by atoms with Crippen LogP contribution in [-0.2, 0) is 24.7 Å². The third-order valence-electron chi connectivity index (χ3n) is 4.70. The molecule has 0 radical (unpaired) electrons. The number of halogens is 2. The summed E-state index contributed by atoms with van der Waals surface area (Å²) in [5.74, 6) is 0.892. The van der Waals surface area contributed by atoms with Gasteiger partial charge in [0.05, 0.1) is 21.5 Å². The van der Waals surface area contributed by atoms with Gasteiger partial charge in [-0.1, -0.05) is 41.0 Å². The molecule has 0 bridgehead atoms. The normalized spacial score (nSPS) is 13.4. The van der Waals surface area contributed by atoms with Crippen molar-refractivity contribution in [1.29, 1.82) is 0 Å². The van der Waals surface area contributed by atoms with Crippen molar-refractivity contribution in [2.45, 2.75) is 30.8 Å². The average molecular weight is 453 g/mol. The number of thiophene rings is 1. The summed E-state index contributed by atoms with van der Waals surface area (Å²) in [6.07, 6.45) is 4.75.